The Morgan fingerprint density at radius 3 is 2.64 bits per heavy atom. The summed E-state index contributed by atoms with van der Waals surface area (Å²) in [5, 5.41) is 1.42. The number of hydrogen-bond acceptors (Lipinski definition) is 2. The average molecular weight is 317 g/mol. The second-order valence-electron chi connectivity index (χ2n) is 4.83. The van der Waals surface area contributed by atoms with Crippen molar-refractivity contribution in [2.75, 3.05) is 0 Å². The number of hydrazine groups is 1. The van der Waals surface area contributed by atoms with Crippen LogP contribution in [0.25, 0.3) is 10.9 Å². The summed E-state index contributed by atoms with van der Waals surface area (Å²) in [5.41, 5.74) is 6.33. The Bertz CT molecular complexity index is 865. The summed E-state index contributed by atoms with van der Waals surface area (Å²) in [6.07, 6.45) is 1.75. The Hall–Kier alpha value is -2.73. The first-order chi connectivity index (χ1) is 10.5. The van der Waals surface area contributed by atoms with Crippen LogP contribution in [0.5, 0.6) is 0 Å². The molecule has 0 aliphatic heterocycles. The first-order valence-electron chi connectivity index (χ1n) is 6.55. The molecule has 3 aromatic rings. The van der Waals surface area contributed by atoms with Gasteiger partial charge in [0.25, 0.3) is 11.8 Å². The molecule has 0 radical (unpaired) electrons. The number of H-pyrrole nitrogens is 1. The number of aromatic amines is 1. The van der Waals surface area contributed by atoms with Gasteiger partial charge in [0, 0.05) is 29.2 Å². The van der Waals surface area contributed by atoms with Gasteiger partial charge in [-0.3, -0.25) is 20.4 Å². The summed E-state index contributed by atoms with van der Waals surface area (Å²) in [4.78, 5) is 26.9. The molecule has 0 spiro atoms. The lowest BCUT2D eigenvalue weighted by molar-refractivity contribution is 0.0840. The third-order valence-corrected chi connectivity index (χ3v) is 3.53. The predicted octanol–water partition coefficient (Wildman–Crippen LogP) is 2.23. The predicted molar refractivity (Wildman–Crippen MR) is 83.7 cm³/mol. The van der Waals surface area contributed by atoms with Gasteiger partial charge >= 0.3 is 0 Å². The molecular formula is C15H13ClN4O2. The van der Waals surface area contributed by atoms with Gasteiger partial charge in [0.1, 0.15) is 11.4 Å². The van der Waals surface area contributed by atoms with Crippen LogP contribution in [0, 0.1) is 0 Å². The zero-order valence-electron chi connectivity index (χ0n) is 11.7. The van der Waals surface area contributed by atoms with E-state index in [-0.39, 0.29) is 5.91 Å². The largest absolute Gasteiger partial charge is 0.350 e. The SMILES string of the molecule is Cn1cccc1C(=O)NNC(=O)c1cc2cc(Cl)ccc2[nH]1. The molecule has 0 saturated heterocycles. The number of amides is 2. The molecule has 0 saturated carbocycles. The Labute approximate surface area is 131 Å². The fraction of sp³-hybridized carbons (Fsp3) is 0.0667. The van der Waals surface area contributed by atoms with Crippen LogP contribution in [0.2, 0.25) is 5.02 Å². The molecule has 0 fully saturated rings. The van der Waals surface area contributed by atoms with Crippen molar-refractivity contribution >= 4 is 34.3 Å². The van der Waals surface area contributed by atoms with Crippen LogP contribution in [-0.2, 0) is 7.05 Å². The molecule has 3 N–H and O–H groups in total. The van der Waals surface area contributed by atoms with E-state index in [2.05, 4.69) is 15.8 Å². The van der Waals surface area contributed by atoms with E-state index in [0.717, 1.165) is 10.9 Å². The second kappa shape index (κ2) is 5.57. The Morgan fingerprint density at radius 2 is 1.91 bits per heavy atom. The van der Waals surface area contributed by atoms with Crippen LogP contribution in [0.4, 0.5) is 0 Å². The van der Waals surface area contributed by atoms with Crippen LogP contribution in [0.15, 0.2) is 42.6 Å². The Balaban J connectivity index is 1.71. The number of halogens is 1. The quantitative estimate of drug-likeness (QED) is 0.634. The summed E-state index contributed by atoms with van der Waals surface area (Å²) < 4.78 is 1.66. The minimum absolute atomic E-state index is 0.337. The number of nitrogens with zero attached hydrogens (tertiary/aromatic N) is 1. The van der Waals surface area contributed by atoms with Gasteiger partial charge in [-0.1, -0.05) is 11.6 Å². The Kier molecular flexibility index (Phi) is 3.60. The molecule has 0 aliphatic rings. The number of carbonyl (C=O) groups excluding carboxylic acids is 2. The first kappa shape index (κ1) is 14.2. The third kappa shape index (κ3) is 2.68. The van der Waals surface area contributed by atoms with Gasteiger partial charge in [-0.2, -0.15) is 0 Å². The highest BCUT2D eigenvalue weighted by molar-refractivity contribution is 6.31. The van der Waals surface area contributed by atoms with Crippen LogP contribution in [0.1, 0.15) is 21.0 Å². The minimum Gasteiger partial charge on any atom is -0.350 e. The van der Waals surface area contributed by atoms with Crippen molar-refractivity contribution in [3.63, 3.8) is 0 Å². The lowest BCUT2D eigenvalue weighted by atomic mass is 10.2. The molecule has 3 rings (SSSR count). The second-order valence-corrected chi connectivity index (χ2v) is 5.26. The summed E-state index contributed by atoms with van der Waals surface area (Å²) in [5.74, 6) is -0.824. The monoisotopic (exact) mass is 316 g/mol. The maximum Gasteiger partial charge on any atom is 0.286 e. The van der Waals surface area contributed by atoms with Gasteiger partial charge in [0.15, 0.2) is 0 Å². The maximum atomic E-state index is 12.1. The van der Waals surface area contributed by atoms with Crippen molar-refractivity contribution in [2.24, 2.45) is 7.05 Å². The number of fused-ring (bicyclic) bond motifs is 1. The van der Waals surface area contributed by atoms with Crippen molar-refractivity contribution in [2.45, 2.75) is 0 Å². The highest BCUT2D eigenvalue weighted by atomic mass is 35.5. The molecule has 6 nitrogen and oxygen atoms in total. The summed E-state index contributed by atoms with van der Waals surface area (Å²) in [7, 11) is 1.75. The minimum atomic E-state index is -0.435. The standard InChI is InChI=1S/C15H13ClN4O2/c1-20-6-2-3-13(20)15(22)19-18-14(21)12-8-9-7-10(16)4-5-11(9)17-12/h2-8,17H,1H3,(H,18,21)(H,19,22). The fourth-order valence-corrected chi connectivity index (χ4v) is 2.35. The van der Waals surface area contributed by atoms with E-state index < -0.39 is 5.91 Å². The van der Waals surface area contributed by atoms with Crippen molar-refractivity contribution < 1.29 is 9.59 Å². The average Bonchev–Trinajstić information content (AvgIpc) is 3.09. The van der Waals surface area contributed by atoms with Gasteiger partial charge in [-0.25, -0.2) is 0 Å². The molecule has 2 aromatic heterocycles. The van der Waals surface area contributed by atoms with E-state index >= 15 is 0 Å². The van der Waals surface area contributed by atoms with E-state index in [1.165, 1.54) is 0 Å². The van der Waals surface area contributed by atoms with E-state index in [9.17, 15) is 9.59 Å². The van der Waals surface area contributed by atoms with Crippen molar-refractivity contribution in [1.82, 2.24) is 20.4 Å². The smallest absolute Gasteiger partial charge is 0.286 e. The third-order valence-electron chi connectivity index (χ3n) is 3.29. The lowest BCUT2D eigenvalue weighted by Crippen LogP contribution is -2.42. The van der Waals surface area contributed by atoms with Gasteiger partial charge in [-0.15, -0.1) is 0 Å². The van der Waals surface area contributed by atoms with Crippen LogP contribution in [-0.4, -0.2) is 21.4 Å². The van der Waals surface area contributed by atoms with E-state index in [4.69, 9.17) is 11.6 Å². The van der Waals surface area contributed by atoms with E-state index in [1.54, 1.807) is 54.2 Å². The number of hydrogen-bond donors (Lipinski definition) is 3. The maximum absolute atomic E-state index is 12.1. The van der Waals surface area contributed by atoms with Crippen molar-refractivity contribution in [1.29, 1.82) is 0 Å². The van der Waals surface area contributed by atoms with Gasteiger partial charge in [-0.05, 0) is 36.4 Å². The summed E-state index contributed by atoms with van der Waals surface area (Å²) in [6, 6.07) is 10.4. The van der Waals surface area contributed by atoms with Gasteiger partial charge in [0.2, 0.25) is 0 Å². The number of carbonyl (C=O) groups is 2. The van der Waals surface area contributed by atoms with Crippen molar-refractivity contribution in [3.8, 4) is 0 Å². The summed E-state index contributed by atoms with van der Waals surface area (Å²) in [6.45, 7) is 0. The van der Waals surface area contributed by atoms with E-state index in [0.29, 0.717) is 16.4 Å². The molecule has 22 heavy (non-hydrogen) atoms. The molecule has 1 aromatic carbocycles. The highest BCUT2D eigenvalue weighted by Crippen LogP contribution is 2.19. The summed E-state index contributed by atoms with van der Waals surface area (Å²) >= 11 is 5.91. The Morgan fingerprint density at radius 1 is 1.14 bits per heavy atom. The molecule has 7 heteroatoms. The molecular weight excluding hydrogens is 304 g/mol. The topological polar surface area (TPSA) is 78.9 Å². The van der Waals surface area contributed by atoms with Gasteiger partial charge < -0.3 is 9.55 Å². The number of rotatable bonds is 2. The molecule has 0 bridgehead atoms. The van der Waals surface area contributed by atoms with Gasteiger partial charge in [0.05, 0.1) is 0 Å². The first-order valence-corrected chi connectivity index (χ1v) is 6.92. The number of aryl methyl sites for hydroxylation is 1. The lowest BCUT2D eigenvalue weighted by Gasteiger charge is -2.06. The molecule has 0 aliphatic carbocycles. The molecule has 0 unspecified atom stereocenters. The van der Waals surface area contributed by atoms with Crippen LogP contribution in [0.3, 0.4) is 0 Å². The normalized spacial score (nSPS) is 10.6. The van der Waals surface area contributed by atoms with Crippen LogP contribution >= 0.6 is 11.6 Å². The van der Waals surface area contributed by atoms with Crippen LogP contribution < -0.4 is 10.9 Å². The molecule has 2 heterocycles. The number of benzene rings is 1. The number of nitrogens with one attached hydrogen (secondary N) is 3. The zero-order valence-corrected chi connectivity index (χ0v) is 12.4. The highest BCUT2D eigenvalue weighted by Gasteiger charge is 2.13. The zero-order chi connectivity index (χ0) is 15.7. The van der Waals surface area contributed by atoms with Crippen molar-refractivity contribution in [3.05, 3.63) is 59.0 Å². The van der Waals surface area contributed by atoms with E-state index in [1.807, 2.05) is 0 Å². The molecule has 2 amide bonds. The fourth-order valence-electron chi connectivity index (χ4n) is 2.17. The molecule has 112 valence electrons. The number of aromatic nitrogens is 2. The molecule has 0 atom stereocenters.